The van der Waals surface area contributed by atoms with E-state index in [4.69, 9.17) is 0 Å². The Morgan fingerprint density at radius 2 is 2.00 bits per heavy atom. The third kappa shape index (κ3) is 2.06. The lowest BCUT2D eigenvalue weighted by Gasteiger charge is -1.94. The smallest absolute Gasteiger partial charge is 0.196 e. The summed E-state index contributed by atoms with van der Waals surface area (Å²) in [6.45, 7) is 2.14. The van der Waals surface area contributed by atoms with Crippen LogP contribution in [0.4, 0.5) is 0 Å². The molecule has 54 valence electrons. The van der Waals surface area contributed by atoms with Crippen LogP contribution < -0.4 is 0 Å². The molecule has 0 N–H and O–H groups in total. The summed E-state index contributed by atoms with van der Waals surface area (Å²) in [5.74, 6) is 0. The van der Waals surface area contributed by atoms with Crippen molar-refractivity contribution in [3.63, 3.8) is 0 Å². The fourth-order valence-electron chi connectivity index (χ4n) is 0.757. The molecule has 3 heteroatoms. The van der Waals surface area contributed by atoms with Gasteiger partial charge in [0.25, 0.3) is 0 Å². The van der Waals surface area contributed by atoms with E-state index in [2.05, 4.69) is 32.8 Å². The van der Waals surface area contributed by atoms with Crippen LogP contribution >= 0.6 is 15.9 Å². The summed E-state index contributed by atoms with van der Waals surface area (Å²) in [7, 11) is 0. The molecule has 0 aliphatic rings. The van der Waals surface area contributed by atoms with E-state index in [1.165, 1.54) is 5.56 Å². The number of aromatic nitrogens is 2. The Morgan fingerprint density at radius 3 is 2.50 bits per heavy atom. The number of hydrogen-bond donors (Lipinski definition) is 0. The van der Waals surface area contributed by atoms with Gasteiger partial charge in [-0.3, -0.25) is 0 Å². The Morgan fingerprint density at radius 1 is 1.40 bits per heavy atom. The highest BCUT2D eigenvalue weighted by molar-refractivity contribution is 9.10. The first kappa shape index (κ1) is 7.66. The van der Waals surface area contributed by atoms with Gasteiger partial charge >= 0.3 is 0 Å². The van der Waals surface area contributed by atoms with Crippen LogP contribution in [-0.4, -0.2) is 9.97 Å². The second-order valence-electron chi connectivity index (χ2n) is 2.11. The Kier molecular flexibility index (Phi) is 2.81. The molecule has 0 unspecified atom stereocenters. The first-order valence-electron chi connectivity index (χ1n) is 3.29. The van der Waals surface area contributed by atoms with Crippen molar-refractivity contribution in [1.29, 1.82) is 0 Å². The maximum absolute atomic E-state index is 4.00. The molecule has 0 spiro atoms. The molecule has 0 aliphatic carbocycles. The van der Waals surface area contributed by atoms with Crippen molar-refractivity contribution in [3.8, 4) is 0 Å². The Bertz CT molecular complexity index is 195. The molecule has 0 amide bonds. The summed E-state index contributed by atoms with van der Waals surface area (Å²) in [4.78, 5) is 8.01. The van der Waals surface area contributed by atoms with Crippen LogP contribution in [0.1, 0.15) is 18.9 Å². The summed E-state index contributed by atoms with van der Waals surface area (Å²) >= 11 is 3.17. The Balaban J connectivity index is 2.69. The zero-order chi connectivity index (χ0) is 7.40. The van der Waals surface area contributed by atoms with Gasteiger partial charge in [-0.25, -0.2) is 9.97 Å². The fraction of sp³-hybridized carbons (Fsp3) is 0.429. The number of hydrogen-bond acceptors (Lipinski definition) is 2. The van der Waals surface area contributed by atoms with E-state index >= 15 is 0 Å². The molecule has 1 rings (SSSR count). The first-order valence-corrected chi connectivity index (χ1v) is 4.08. The van der Waals surface area contributed by atoms with E-state index in [1.807, 2.05) is 12.4 Å². The standard InChI is InChI=1S/C7H9BrN2/c1-2-3-6-4-9-7(8)10-5-6/h4-5H,2-3H2,1H3. The highest BCUT2D eigenvalue weighted by atomic mass is 79.9. The molecule has 0 saturated carbocycles. The average Bonchev–Trinajstić information content (AvgIpc) is 1.95. The maximum Gasteiger partial charge on any atom is 0.196 e. The van der Waals surface area contributed by atoms with Crippen molar-refractivity contribution >= 4 is 15.9 Å². The minimum atomic E-state index is 0.660. The molecule has 0 aromatic carbocycles. The number of rotatable bonds is 2. The molecule has 0 atom stereocenters. The number of nitrogens with zero attached hydrogens (tertiary/aromatic N) is 2. The predicted molar refractivity (Wildman–Crippen MR) is 43.7 cm³/mol. The third-order valence-corrected chi connectivity index (χ3v) is 1.62. The fourth-order valence-corrected chi connectivity index (χ4v) is 0.962. The molecule has 0 radical (unpaired) electrons. The molecule has 0 saturated heterocycles. The van der Waals surface area contributed by atoms with Gasteiger partial charge in [-0.1, -0.05) is 13.3 Å². The molecule has 0 aliphatic heterocycles. The minimum absolute atomic E-state index is 0.660. The van der Waals surface area contributed by atoms with Crippen LogP contribution in [0, 0.1) is 0 Å². The quantitative estimate of drug-likeness (QED) is 0.685. The number of halogens is 1. The summed E-state index contributed by atoms with van der Waals surface area (Å²) in [6.07, 6.45) is 5.90. The van der Waals surface area contributed by atoms with Crippen molar-refractivity contribution in [2.24, 2.45) is 0 Å². The highest BCUT2D eigenvalue weighted by Gasteiger charge is 1.91. The topological polar surface area (TPSA) is 25.8 Å². The lowest BCUT2D eigenvalue weighted by atomic mass is 10.2. The molecule has 1 heterocycles. The Labute approximate surface area is 68.8 Å². The van der Waals surface area contributed by atoms with E-state index in [1.54, 1.807) is 0 Å². The zero-order valence-corrected chi connectivity index (χ0v) is 7.43. The van der Waals surface area contributed by atoms with Crippen LogP contribution in [0.15, 0.2) is 17.1 Å². The van der Waals surface area contributed by atoms with Gasteiger partial charge in [-0.2, -0.15) is 0 Å². The molecule has 1 aromatic rings. The number of aryl methyl sites for hydroxylation is 1. The lowest BCUT2D eigenvalue weighted by Crippen LogP contribution is -1.87. The van der Waals surface area contributed by atoms with Crippen LogP contribution in [0.5, 0.6) is 0 Å². The van der Waals surface area contributed by atoms with Gasteiger partial charge in [0.1, 0.15) is 0 Å². The van der Waals surface area contributed by atoms with Gasteiger partial charge in [0.2, 0.25) is 0 Å². The van der Waals surface area contributed by atoms with Gasteiger partial charge < -0.3 is 0 Å². The molecule has 2 nitrogen and oxygen atoms in total. The van der Waals surface area contributed by atoms with E-state index in [-0.39, 0.29) is 0 Å². The molecule has 10 heavy (non-hydrogen) atoms. The summed E-state index contributed by atoms with van der Waals surface area (Å²) in [5.41, 5.74) is 1.20. The van der Waals surface area contributed by atoms with Crippen LogP contribution in [-0.2, 0) is 6.42 Å². The van der Waals surface area contributed by atoms with Crippen molar-refractivity contribution in [2.75, 3.05) is 0 Å². The highest BCUT2D eigenvalue weighted by Crippen LogP contribution is 2.03. The summed E-state index contributed by atoms with van der Waals surface area (Å²) in [5, 5.41) is 0. The Hall–Kier alpha value is -0.440. The largest absolute Gasteiger partial charge is 0.230 e. The van der Waals surface area contributed by atoms with Gasteiger partial charge in [0.05, 0.1) is 0 Å². The van der Waals surface area contributed by atoms with E-state index in [9.17, 15) is 0 Å². The molecule has 1 aromatic heterocycles. The van der Waals surface area contributed by atoms with Crippen molar-refractivity contribution in [3.05, 3.63) is 22.7 Å². The van der Waals surface area contributed by atoms with Crippen molar-refractivity contribution < 1.29 is 0 Å². The van der Waals surface area contributed by atoms with Gasteiger partial charge in [0, 0.05) is 12.4 Å². The monoisotopic (exact) mass is 200 g/mol. The SMILES string of the molecule is CCCc1cnc(Br)nc1. The average molecular weight is 201 g/mol. The molecule has 0 bridgehead atoms. The predicted octanol–water partition coefficient (Wildman–Crippen LogP) is 2.19. The van der Waals surface area contributed by atoms with Crippen molar-refractivity contribution in [1.82, 2.24) is 9.97 Å². The van der Waals surface area contributed by atoms with Crippen LogP contribution in [0.25, 0.3) is 0 Å². The van der Waals surface area contributed by atoms with Crippen LogP contribution in [0.2, 0.25) is 0 Å². The van der Waals surface area contributed by atoms with E-state index in [0.29, 0.717) is 4.73 Å². The summed E-state index contributed by atoms with van der Waals surface area (Å²) in [6, 6.07) is 0. The zero-order valence-electron chi connectivity index (χ0n) is 5.84. The van der Waals surface area contributed by atoms with Gasteiger partial charge in [-0.15, -0.1) is 0 Å². The van der Waals surface area contributed by atoms with Crippen LogP contribution in [0.3, 0.4) is 0 Å². The normalized spacial score (nSPS) is 9.80. The molecule has 0 fully saturated rings. The molecular weight excluding hydrogens is 192 g/mol. The van der Waals surface area contributed by atoms with Gasteiger partial charge in [-0.05, 0) is 27.9 Å². The lowest BCUT2D eigenvalue weighted by molar-refractivity contribution is 0.895. The molecular formula is C7H9BrN2. The van der Waals surface area contributed by atoms with Crippen molar-refractivity contribution in [2.45, 2.75) is 19.8 Å². The maximum atomic E-state index is 4.00. The van der Waals surface area contributed by atoms with Gasteiger partial charge in [0.15, 0.2) is 4.73 Å². The second-order valence-corrected chi connectivity index (χ2v) is 2.82. The van der Waals surface area contributed by atoms with E-state index in [0.717, 1.165) is 12.8 Å². The second kappa shape index (κ2) is 3.66. The minimum Gasteiger partial charge on any atom is -0.230 e. The first-order chi connectivity index (χ1) is 4.83. The third-order valence-electron chi connectivity index (χ3n) is 1.21. The van der Waals surface area contributed by atoms with E-state index < -0.39 is 0 Å². The summed E-state index contributed by atoms with van der Waals surface area (Å²) < 4.78 is 0.660.